The molecule has 7 aromatic carbocycles. The first kappa shape index (κ1) is 35.3. The Hall–Kier alpha value is -7.16. The number of nitrogens with zero attached hydrogens (tertiary/aromatic N) is 1. The third-order valence-corrected chi connectivity index (χ3v) is 12.0. The molecule has 0 atom stereocenters. The predicted molar refractivity (Wildman–Crippen MR) is 244 cm³/mol. The average Bonchev–Trinajstić information content (AvgIpc) is 3.82. The van der Waals surface area contributed by atoms with Gasteiger partial charge in [-0.05, 0) is 112 Å². The largest absolute Gasteiger partial charge is 0.456 e. The minimum absolute atomic E-state index is 0.519. The summed E-state index contributed by atoms with van der Waals surface area (Å²) < 4.78 is 7.05. The fraction of sp³-hybridized carbons (Fsp3) is 0.0714. The van der Waals surface area contributed by atoms with Crippen LogP contribution in [-0.2, 0) is 5.41 Å². The molecule has 278 valence electrons. The molecule has 0 aliphatic heterocycles. The van der Waals surface area contributed by atoms with Crippen LogP contribution in [0.15, 0.2) is 229 Å². The summed E-state index contributed by atoms with van der Waals surface area (Å²) in [5, 5.41) is 2.17. The zero-order valence-corrected chi connectivity index (χ0v) is 32.6. The summed E-state index contributed by atoms with van der Waals surface area (Å²) in [5.41, 5.74) is 16.6. The van der Waals surface area contributed by atoms with E-state index in [1.165, 1.54) is 55.7 Å². The van der Waals surface area contributed by atoms with Crippen molar-refractivity contribution in [3.63, 3.8) is 0 Å². The van der Waals surface area contributed by atoms with Crippen LogP contribution in [0.25, 0.3) is 49.8 Å². The number of anilines is 2. The van der Waals surface area contributed by atoms with Crippen molar-refractivity contribution in [2.75, 3.05) is 4.90 Å². The molecule has 0 spiro atoms. The fourth-order valence-electron chi connectivity index (χ4n) is 9.23. The Balaban J connectivity index is 1.16. The molecule has 2 aliphatic carbocycles. The highest BCUT2D eigenvalue weighted by molar-refractivity contribution is 6.08. The van der Waals surface area contributed by atoms with Crippen LogP contribution in [0.3, 0.4) is 0 Å². The zero-order chi connectivity index (χ0) is 39.1. The molecule has 2 heteroatoms. The molecule has 0 fully saturated rings. The summed E-state index contributed by atoms with van der Waals surface area (Å²) in [4.78, 5) is 2.29. The smallest absolute Gasteiger partial charge is 0.140 e. The second kappa shape index (κ2) is 14.7. The molecule has 8 aromatic rings. The molecule has 58 heavy (non-hydrogen) atoms. The minimum atomic E-state index is -0.519. The van der Waals surface area contributed by atoms with Crippen LogP contribution >= 0.6 is 0 Å². The standard InChI is InChI=1S/C56H43NO/c1-3-44(33-30-39(2)40-18-7-4-8-19-40)57(45-34-31-42(32-35-45)41-20-9-5-10-21-41)46-36-37-54-50(38-46)49-26-17-29-53(55(49)58-54)56(43-22-11-6-12-23-43)51-27-15-13-24-47(51)48-25-14-16-28-52(48)56/h3-5,7-11,13-38H,1,6,12H2,2H3/b39-30+,44-33+. The van der Waals surface area contributed by atoms with E-state index in [0.717, 1.165) is 51.9 Å². The molecule has 0 unspecified atom stereocenters. The maximum absolute atomic E-state index is 7.05. The average molecular weight is 746 g/mol. The van der Waals surface area contributed by atoms with Crippen molar-refractivity contribution in [2.45, 2.75) is 25.2 Å². The van der Waals surface area contributed by atoms with Crippen LogP contribution in [0.1, 0.15) is 42.0 Å². The SMILES string of the molecule is C=C/C(=C\C=C(/C)c1ccccc1)N(c1ccc(-c2ccccc2)cc1)c1ccc2oc3c(C4(C5=CCCC=C5)c5ccccc5-c5ccccc54)cccc3c2c1. The Labute approximate surface area is 340 Å². The van der Waals surface area contributed by atoms with Gasteiger partial charge in [0, 0.05) is 33.4 Å². The second-order valence-corrected chi connectivity index (χ2v) is 15.2. The summed E-state index contributed by atoms with van der Waals surface area (Å²) in [6.07, 6.45) is 15.5. The van der Waals surface area contributed by atoms with E-state index in [1.807, 2.05) is 6.08 Å². The van der Waals surface area contributed by atoms with Crippen molar-refractivity contribution in [1.29, 1.82) is 0 Å². The molecule has 10 rings (SSSR count). The van der Waals surface area contributed by atoms with Crippen molar-refractivity contribution in [2.24, 2.45) is 0 Å². The van der Waals surface area contributed by atoms with E-state index in [4.69, 9.17) is 4.42 Å². The number of allylic oxidation sites excluding steroid dienone is 8. The highest BCUT2D eigenvalue weighted by atomic mass is 16.3. The van der Waals surface area contributed by atoms with E-state index in [0.29, 0.717) is 0 Å². The molecule has 1 heterocycles. The van der Waals surface area contributed by atoms with Gasteiger partial charge in [0.05, 0.1) is 5.41 Å². The van der Waals surface area contributed by atoms with Gasteiger partial charge in [-0.1, -0.05) is 170 Å². The lowest BCUT2D eigenvalue weighted by Crippen LogP contribution is -2.29. The lowest BCUT2D eigenvalue weighted by molar-refractivity contribution is 0.646. The molecule has 0 saturated carbocycles. The summed E-state index contributed by atoms with van der Waals surface area (Å²) in [6.45, 7) is 6.48. The van der Waals surface area contributed by atoms with Gasteiger partial charge < -0.3 is 9.32 Å². The number of para-hydroxylation sites is 1. The highest BCUT2D eigenvalue weighted by Gasteiger charge is 2.48. The van der Waals surface area contributed by atoms with Crippen LogP contribution in [-0.4, -0.2) is 0 Å². The predicted octanol–water partition coefficient (Wildman–Crippen LogP) is 15.2. The van der Waals surface area contributed by atoms with E-state index in [-0.39, 0.29) is 0 Å². The molecule has 0 bridgehead atoms. The van der Waals surface area contributed by atoms with E-state index in [2.05, 4.69) is 219 Å². The molecule has 2 aliphatic rings. The quantitative estimate of drug-likeness (QED) is 0.137. The highest BCUT2D eigenvalue weighted by Crippen LogP contribution is 2.58. The van der Waals surface area contributed by atoms with E-state index < -0.39 is 5.41 Å². The van der Waals surface area contributed by atoms with Gasteiger partial charge in [0.15, 0.2) is 0 Å². The summed E-state index contributed by atoms with van der Waals surface area (Å²) in [7, 11) is 0. The fourth-order valence-corrected chi connectivity index (χ4v) is 9.23. The number of rotatable bonds is 9. The molecular weight excluding hydrogens is 703 g/mol. The van der Waals surface area contributed by atoms with Crippen LogP contribution in [0, 0.1) is 0 Å². The van der Waals surface area contributed by atoms with Crippen molar-refractivity contribution in [3.05, 3.63) is 246 Å². The van der Waals surface area contributed by atoms with E-state index in [1.54, 1.807) is 0 Å². The Morgan fingerprint density at radius 1 is 0.603 bits per heavy atom. The van der Waals surface area contributed by atoms with Crippen molar-refractivity contribution in [3.8, 4) is 22.3 Å². The lowest BCUT2D eigenvalue weighted by Gasteiger charge is -2.35. The van der Waals surface area contributed by atoms with Gasteiger partial charge in [-0.25, -0.2) is 0 Å². The van der Waals surface area contributed by atoms with Gasteiger partial charge in [0.1, 0.15) is 11.2 Å². The van der Waals surface area contributed by atoms with Gasteiger partial charge in [-0.15, -0.1) is 0 Å². The topological polar surface area (TPSA) is 16.4 Å². The van der Waals surface area contributed by atoms with Crippen LogP contribution in [0.4, 0.5) is 11.4 Å². The second-order valence-electron chi connectivity index (χ2n) is 15.2. The van der Waals surface area contributed by atoms with Crippen LogP contribution in [0.2, 0.25) is 0 Å². The summed E-state index contributed by atoms with van der Waals surface area (Å²) >= 11 is 0. The number of hydrogen-bond donors (Lipinski definition) is 0. The molecule has 1 aromatic heterocycles. The van der Waals surface area contributed by atoms with Gasteiger partial charge >= 0.3 is 0 Å². The van der Waals surface area contributed by atoms with Crippen molar-refractivity contribution >= 4 is 38.9 Å². The monoisotopic (exact) mass is 745 g/mol. The minimum Gasteiger partial charge on any atom is -0.456 e. The van der Waals surface area contributed by atoms with Crippen LogP contribution in [0.5, 0.6) is 0 Å². The third kappa shape index (κ3) is 5.80. The van der Waals surface area contributed by atoms with E-state index in [9.17, 15) is 0 Å². The van der Waals surface area contributed by atoms with Gasteiger partial charge in [0.2, 0.25) is 0 Å². The van der Waals surface area contributed by atoms with Crippen molar-refractivity contribution < 1.29 is 4.42 Å². The zero-order valence-electron chi connectivity index (χ0n) is 32.6. The number of furan rings is 1. The molecular formula is C56H43NO. The molecule has 0 amide bonds. The third-order valence-electron chi connectivity index (χ3n) is 12.0. The Morgan fingerprint density at radius 3 is 1.93 bits per heavy atom. The molecule has 2 nitrogen and oxygen atoms in total. The number of fused-ring (bicyclic) bond motifs is 6. The van der Waals surface area contributed by atoms with Gasteiger partial charge in [-0.2, -0.15) is 0 Å². The molecule has 0 radical (unpaired) electrons. The number of hydrogen-bond acceptors (Lipinski definition) is 2. The molecule has 0 N–H and O–H groups in total. The first-order chi connectivity index (χ1) is 28.6. The van der Waals surface area contributed by atoms with Gasteiger partial charge in [-0.3, -0.25) is 0 Å². The first-order valence-electron chi connectivity index (χ1n) is 20.2. The Bertz CT molecular complexity index is 2910. The summed E-state index contributed by atoms with van der Waals surface area (Å²) in [5.74, 6) is 0. The number of benzene rings is 7. The lowest BCUT2D eigenvalue weighted by atomic mass is 9.66. The van der Waals surface area contributed by atoms with Crippen molar-refractivity contribution in [1.82, 2.24) is 0 Å². The molecule has 0 saturated heterocycles. The Morgan fingerprint density at radius 2 is 1.24 bits per heavy atom. The normalized spacial score (nSPS) is 14.6. The van der Waals surface area contributed by atoms with Crippen LogP contribution < -0.4 is 4.90 Å². The van der Waals surface area contributed by atoms with Gasteiger partial charge in [0.25, 0.3) is 0 Å². The van der Waals surface area contributed by atoms with E-state index >= 15 is 0 Å². The first-order valence-corrected chi connectivity index (χ1v) is 20.2. The maximum atomic E-state index is 7.05. The summed E-state index contributed by atoms with van der Waals surface area (Å²) in [6, 6.07) is 61.0. The Kier molecular flexibility index (Phi) is 8.96. The maximum Gasteiger partial charge on any atom is 0.140 e.